The molecule has 0 saturated carbocycles. The lowest BCUT2D eigenvalue weighted by Crippen LogP contribution is -2.09. The third-order valence-electron chi connectivity index (χ3n) is 2.44. The molecule has 0 saturated heterocycles. The first-order chi connectivity index (χ1) is 6.52. The largest absolute Gasteiger partial charge is 0.388 e. The molecule has 0 unspecified atom stereocenters. The van der Waals surface area contributed by atoms with Crippen LogP contribution in [0.15, 0.2) is 40.9 Å². The number of rotatable bonds is 3. The molecule has 0 aliphatic rings. The Morgan fingerprint density at radius 3 is 2.64 bits per heavy atom. The monoisotopic (exact) mass is 254 g/mol. The average molecular weight is 255 g/mol. The summed E-state index contributed by atoms with van der Waals surface area (Å²) in [5.74, 6) is 0.0873. The normalized spacial score (nSPS) is 14.9. The molecule has 0 aliphatic heterocycles. The van der Waals surface area contributed by atoms with Crippen LogP contribution in [0.3, 0.4) is 0 Å². The van der Waals surface area contributed by atoms with E-state index in [-0.39, 0.29) is 5.92 Å². The maximum absolute atomic E-state index is 10.0. The molecule has 1 aromatic rings. The van der Waals surface area contributed by atoms with Crippen LogP contribution >= 0.6 is 15.9 Å². The topological polar surface area (TPSA) is 20.2 Å². The molecule has 14 heavy (non-hydrogen) atoms. The lowest BCUT2D eigenvalue weighted by molar-refractivity contribution is 0.134. The van der Waals surface area contributed by atoms with Crippen LogP contribution in [-0.2, 0) is 0 Å². The Bertz CT molecular complexity index is 333. The highest BCUT2D eigenvalue weighted by Gasteiger charge is 2.16. The highest BCUT2D eigenvalue weighted by molar-refractivity contribution is 9.10. The van der Waals surface area contributed by atoms with Crippen molar-refractivity contribution in [3.05, 3.63) is 46.5 Å². The van der Waals surface area contributed by atoms with E-state index in [1.54, 1.807) is 0 Å². The summed E-state index contributed by atoms with van der Waals surface area (Å²) in [6.45, 7) is 7.77. The lowest BCUT2D eigenvalue weighted by atomic mass is 9.92. The summed E-state index contributed by atoms with van der Waals surface area (Å²) in [5, 5.41) is 10.0. The quantitative estimate of drug-likeness (QED) is 0.816. The summed E-state index contributed by atoms with van der Waals surface area (Å²) in [6, 6.07) is 7.73. The molecule has 0 fully saturated rings. The van der Waals surface area contributed by atoms with Crippen LogP contribution in [0.4, 0.5) is 0 Å². The Labute approximate surface area is 93.6 Å². The molecule has 2 heteroatoms. The lowest BCUT2D eigenvalue weighted by Gasteiger charge is -2.19. The zero-order valence-electron chi connectivity index (χ0n) is 8.50. The number of aliphatic hydroxyl groups is 1. The fourth-order valence-electron chi connectivity index (χ4n) is 1.25. The van der Waals surface area contributed by atoms with Gasteiger partial charge in [-0.3, -0.25) is 0 Å². The molecule has 2 atom stereocenters. The minimum absolute atomic E-state index is 0.0873. The van der Waals surface area contributed by atoms with Crippen molar-refractivity contribution in [2.24, 2.45) is 5.92 Å². The van der Waals surface area contributed by atoms with E-state index in [0.29, 0.717) is 0 Å². The van der Waals surface area contributed by atoms with Gasteiger partial charge in [0, 0.05) is 10.4 Å². The van der Waals surface area contributed by atoms with E-state index in [0.717, 1.165) is 15.6 Å². The van der Waals surface area contributed by atoms with Gasteiger partial charge in [0.1, 0.15) is 0 Å². The molecule has 0 radical (unpaired) electrons. The fourth-order valence-corrected chi connectivity index (χ4v) is 1.67. The van der Waals surface area contributed by atoms with Crippen LogP contribution < -0.4 is 0 Å². The third kappa shape index (κ3) is 2.69. The van der Waals surface area contributed by atoms with Gasteiger partial charge < -0.3 is 5.11 Å². The maximum Gasteiger partial charge on any atom is 0.0852 e. The van der Waals surface area contributed by atoms with Crippen LogP contribution in [-0.4, -0.2) is 5.11 Å². The molecular formula is C12H15BrO. The second-order valence-corrected chi connectivity index (χ2v) is 4.55. The van der Waals surface area contributed by atoms with Gasteiger partial charge in [-0.2, -0.15) is 0 Å². The molecule has 1 rings (SSSR count). The van der Waals surface area contributed by atoms with Gasteiger partial charge in [-0.25, -0.2) is 0 Å². The fraction of sp³-hybridized carbons (Fsp3) is 0.333. The molecule has 0 aliphatic carbocycles. The van der Waals surface area contributed by atoms with Gasteiger partial charge in [-0.05, 0) is 24.6 Å². The van der Waals surface area contributed by atoms with Crippen LogP contribution in [0.5, 0.6) is 0 Å². The Morgan fingerprint density at radius 1 is 1.50 bits per heavy atom. The molecule has 76 valence electrons. The van der Waals surface area contributed by atoms with Gasteiger partial charge >= 0.3 is 0 Å². The number of halogens is 1. The number of hydrogen-bond donors (Lipinski definition) is 1. The third-order valence-corrected chi connectivity index (χ3v) is 2.93. The Kier molecular flexibility index (Phi) is 3.90. The van der Waals surface area contributed by atoms with Crippen molar-refractivity contribution in [1.29, 1.82) is 0 Å². The van der Waals surface area contributed by atoms with Crippen LogP contribution in [0.1, 0.15) is 25.5 Å². The average Bonchev–Trinajstić information content (AvgIpc) is 2.15. The molecule has 0 spiro atoms. The zero-order valence-corrected chi connectivity index (χ0v) is 10.1. The molecule has 0 heterocycles. The van der Waals surface area contributed by atoms with E-state index in [4.69, 9.17) is 0 Å². The second kappa shape index (κ2) is 4.76. The second-order valence-electron chi connectivity index (χ2n) is 3.63. The number of benzene rings is 1. The zero-order chi connectivity index (χ0) is 10.7. The van der Waals surface area contributed by atoms with Crippen LogP contribution in [0.2, 0.25) is 0 Å². The number of hydrogen-bond acceptors (Lipinski definition) is 1. The van der Waals surface area contributed by atoms with Crippen molar-refractivity contribution in [3.8, 4) is 0 Å². The summed E-state index contributed by atoms with van der Waals surface area (Å²) in [7, 11) is 0. The first-order valence-corrected chi connectivity index (χ1v) is 5.40. The van der Waals surface area contributed by atoms with Crippen molar-refractivity contribution in [2.75, 3.05) is 0 Å². The molecular weight excluding hydrogens is 240 g/mol. The summed E-state index contributed by atoms with van der Waals surface area (Å²) in [6.07, 6.45) is -0.468. The molecule has 0 aromatic heterocycles. The first kappa shape index (κ1) is 11.5. The van der Waals surface area contributed by atoms with E-state index < -0.39 is 6.10 Å². The van der Waals surface area contributed by atoms with E-state index >= 15 is 0 Å². The van der Waals surface area contributed by atoms with E-state index in [1.807, 2.05) is 38.1 Å². The summed E-state index contributed by atoms with van der Waals surface area (Å²) in [4.78, 5) is 0. The van der Waals surface area contributed by atoms with Crippen LogP contribution in [0, 0.1) is 5.92 Å². The highest BCUT2D eigenvalue weighted by atomic mass is 79.9. The SMILES string of the molecule is C=C(C)[C@H](C)[C@H](O)c1cccc(Br)c1. The molecule has 1 nitrogen and oxygen atoms in total. The predicted molar refractivity (Wildman–Crippen MR) is 63.1 cm³/mol. The van der Waals surface area contributed by atoms with Gasteiger partial charge in [0.25, 0.3) is 0 Å². The van der Waals surface area contributed by atoms with Crippen molar-refractivity contribution in [1.82, 2.24) is 0 Å². The standard InChI is InChI=1S/C12H15BrO/c1-8(2)9(3)12(14)10-5-4-6-11(13)7-10/h4-7,9,12,14H,1H2,2-3H3/t9-,12-/m0/s1. The van der Waals surface area contributed by atoms with E-state index in [2.05, 4.69) is 22.5 Å². The van der Waals surface area contributed by atoms with Crippen molar-refractivity contribution >= 4 is 15.9 Å². The Balaban J connectivity index is 2.89. The smallest absolute Gasteiger partial charge is 0.0852 e. The molecule has 1 aromatic carbocycles. The van der Waals surface area contributed by atoms with Crippen molar-refractivity contribution in [3.63, 3.8) is 0 Å². The molecule has 1 N–H and O–H groups in total. The molecule has 0 bridgehead atoms. The first-order valence-electron chi connectivity index (χ1n) is 4.61. The summed E-state index contributed by atoms with van der Waals surface area (Å²) < 4.78 is 0.989. The Morgan fingerprint density at radius 2 is 2.14 bits per heavy atom. The van der Waals surface area contributed by atoms with Crippen molar-refractivity contribution < 1.29 is 5.11 Å². The minimum Gasteiger partial charge on any atom is -0.388 e. The van der Waals surface area contributed by atoms with Crippen molar-refractivity contribution in [2.45, 2.75) is 20.0 Å². The van der Waals surface area contributed by atoms with E-state index in [9.17, 15) is 5.11 Å². The van der Waals surface area contributed by atoms with Gasteiger partial charge in [0.2, 0.25) is 0 Å². The maximum atomic E-state index is 10.0. The van der Waals surface area contributed by atoms with E-state index in [1.165, 1.54) is 0 Å². The minimum atomic E-state index is -0.468. The van der Waals surface area contributed by atoms with Gasteiger partial charge in [0.05, 0.1) is 6.10 Å². The summed E-state index contributed by atoms with van der Waals surface area (Å²) >= 11 is 3.38. The highest BCUT2D eigenvalue weighted by Crippen LogP contribution is 2.27. The Hall–Kier alpha value is -0.600. The molecule has 0 amide bonds. The van der Waals surface area contributed by atoms with Gasteiger partial charge in [0.15, 0.2) is 0 Å². The van der Waals surface area contributed by atoms with Gasteiger partial charge in [-0.1, -0.05) is 47.1 Å². The summed E-state index contributed by atoms with van der Waals surface area (Å²) in [5.41, 5.74) is 1.92. The van der Waals surface area contributed by atoms with Gasteiger partial charge in [-0.15, -0.1) is 0 Å². The predicted octanol–water partition coefficient (Wildman–Crippen LogP) is 3.69. The number of aliphatic hydroxyl groups excluding tert-OH is 1. The van der Waals surface area contributed by atoms with Crippen LogP contribution in [0.25, 0.3) is 0 Å².